The molecule has 0 unspecified atom stereocenters. The number of ether oxygens (including phenoxy) is 1. The van der Waals surface area contributed by atoms with Crippen LogP contribution in [0.2, 0.25) is 0 Å². The van der Waals surface area contributed by atoms with Gasteiger partial charge < -0.3 is 25.6 Å². The summed E-state index contributed by atoms with van der Waals surface area (Å²) in [4.78, 5) is 24.1. The minimum atomic E-state index is -1.73. The molecular formula is C20H20F2N2O5. The lowest BCUT2D eigenvalue weighted by molar-refractivity contribution is -0.0464. The number of hydrogen-bond donors (Lipinski definition) is 4. The number of carbonyl (C=O) groups excluding carboxylic acids is 2. The van der Waals surface area contributed by atoms with Crippen LogP contribution in [-0.2, 0) is 4.74 Å². The van der Waals surface area contributed by atoms with Gasteiger partial charge in [-0.05, 0) is 30.3 Å². The molecule has 0 aliphatic carbocycles. The highest BCUT2D eigenvalue weighted by Crippen LogP contribution is 2.24. The summed E-state index contributed by atoms with van der Waals surface area (Å²) in [6.07, 6.45) is -2.33. The maximum atomic E-state index is 13.2. The Labute approximate surface area is 165 Å². The minimum Gasteiger partial charge on any atom is -0.387 e. The van der Waals surface area contributed by atoms with Crippen molar-refractivity contribution in [2.45, 2.75) is 17.8 Å². The van der Waals surface area contributed by atoms with Gasteiger partial charge in [0.15, 0.2) is 11.6 Å². The number of benzene rings is 2. The van der Waals surface area contributed by atoms with Crippen molar-refractivity contribution in [1.82, 2.24) is 10.6 Å². The molecule has 2 aromatic carbocycles. The number of halogens is 2. The number of rotatable bonds is 6. The van der Waals surface area contributed by atoms with Crippen LogP contribution in [0.25, 0.3) is 0 Å². The van der Waals surface area contributed by atoms with E-state index in [0.717, 1.165) is 18.2 Å². The van der Waals surface area contributed by atoms with Gasteiger partial charge in [-0.15, -0.1) is 0 Å². The van der Waals surface area contributed by atoms with E-state index < -0.39 is 41.3 Å². The van der Waals surface area contributed by atoms with Gasteiger partial charge in [-0.25, -0.2) is 8.78 Å². The molecule has 0 spiro atoms. The van der Waals surface area contributed by atoms with Crippen molar-refractivity contribution < 1.29 is 33.3 Å². The van der Waals surface area contributed by atoms with Crippen molar-refractivity contribution in [3.05, 3.63) is 71.3 Å². The predicted molar refractivity (Wildman–Crippen MR) is 98.2 cm³/mol. The number of amides is 2. The Hall–Kier alpha value is -2.88. The Balaban J connectivity index is 1.53. The van der Waals surface area contributed by atoms with Crippen LogP contribution in [0.15, 0.2) is 48.5 Å². The summed E-state index contributed by atoms with van der Waals surface area (Å²) in [5.74, 6) is -3.33. The monoisotopic (exact) mass is 406 g/mol. The molecule has 0 bridgehead atoms. The molecule has 7 nitrogen and oxygen atoms in total. The molecule has 2 aromatic rings. The average molecular weight is 406 g/mol. The van der Waals surface area contributed by atoms with Crippen LogP contribution in [-0.4, -0.2) is 59.5 Å². The van der Waals surface area contributed by atoms with Gasteiger partial charge in [0.25, 0.3) is 11.8 Å². The van der Waals surface area contributed by atoms with Crippen molar-refractivity contribution in [2.24, 2.45) is 0 Å². The quantitative estimate of drug-likeness (QED) is 0.563. The largest absolute Gasteiger partial charge is 0.387 e. The van der Waals surface area contributed by atoms with E-state index in [1.807, 2.05) is 0 Å². The van der Waals surface area contributed by atoms with Crippen molar-refractivity contribution in [2.75, 3.05) is 19.7 Å². The average Bonchev–Trinajstić information content (AvgIpc) is 3.01. The Morgan fingerprint density at radius 3 is 2.41 bits per heavy atom. The maximum Gasteiger partial charge on any atom is 0.251 e. The number of aliphatic hydroxyl groups excluding tert-OH is 1. The Morgan fingerprint density at radius 1 is 1.03 bits per heavy atom. The molecule has 0 radical (unpaired) electrons. The first-order chi connectivity index (χ1) is 13.8. The standard InChI is InChI=1S/C20H20F2N2O5/c21-14-7-6-13(8-15(14)22)19(27)23-9-16-17(25)20(28,11-29-16)10-24-18(26)12-4-2-1-3-5-12/h1-8,16-17,25,28H,9-11H2,(H,23,27)(H,24,26)/t16-,17-,20+/m1/s1. The normalized spacial score (nSPS) is 23.6. The summed E-state index contributed by atoms with van der Waals surface area (Å²) in [7, 11) is 0. The number of nitrogens with one attached hydrogen (secondary N) is 2. The smallest absolute Gasteiger partial charge is 0.251 e. The van der Waals surface area contributed by atoms with E-state index in [0.29, 0.717) is 5.56 Å². The molecular weight excluding hydrogens is 386 g/mol. The maximum absolute atomic E-state index is 13.2. The molecule has 1 aliphatic rings. The lowest BCUT2D eigenvalue weighted by Gasteiger charge is -2.26. The molecule has 1 fully saturated rings. The van der Waals surface area contributed by atoms with Crippen LogP contribution in [0.3, 0.4) is 0 Å². The number of hydrogen-bond acceptors (Lipinski definition) is 5. The molecule has 3 rings (SSSR count). The Kier molecular flexibility index (Phi) is 6.21. The molecule has 9 heteroatoms. The summed E-state index contributed by atoms with van der Waals surface area (Å²) in [6.45, 7) is -0.682. The van der Waals surface area contributed by atoms with Gasteiger partial charge in [0.1, 0.15) is 17.8 Å². The number of carbonyl (C=O) groups is 2. The first-order valence-electron chi connectivity index (χ1n) is 8.89. The first kappa shape index (κ1) is 20.8. The molecule has 0 aromatic heterocycles. The Bertz CT molecular complexity index is 896. The zero-order valence-electron chi connectivity index (χ0n) is 15.3. The van der Waals surface area contributed by atoms with Crippen LogP contribution in [0, 0.1) is 11.6 Å². The minimum absolute atomic E-state index is 0.0956. The molecule has 4 N–H and O–H groups in total. The zero-order chi connectivity index (χ0) is 21.0. The molecule has 1 heterocycles. The van der Waals surface area contributed by atoms with Gasteiger partial charge in [-0.1, -0.05) is 18.2 Å². The predicted octanol–water partition coefficient (Wildman–Crippen LogP) is 0.615. The van der Waals surface area contributed by atoms with E-state index in [4.69, 9.17) is 4.74 Å². The van der Waals surface area contributed by atoms with Crippen LogP contribution in [0.4, 0.5) is 8.78 Å². The first-order valence-corrected chi connectivity index (χ1v) is 8.89. The van der Waals surface area contributed by atoms with Crippen molar-refractivity contribution >= 4 is 11.8 Å². The van der Waals surface area contributed by atoms with Crippen molar-refractivity contribution in [1.29, 1.82) is 0 Å². The van der Waals surface area contributed by atoms with Crippen molar-refractivity contribution in [3.8, 4) is 0 Å². The van der Waals surface area contributed by atoms with Gasteiger partial charge >= 0.3 is 0 Å². The van der Waals surface area contributed by atoms with Gasteiger partial charge in [0.05, 0.1) is 13.2 Å². The second kappa shape index (κ2) is 8.64. The molecule has 29 heavy (non-hydrogen) atoms. The highest BCUT2D eigenvalue weighted by atomic mass is 19.2. The van der Waals surface area contributed by atoms with Crippen molar-refractivity contribution in [3.63, 3.8) is 0 Å². The molecule has 0 saturated carbocycles. The van der Waals surface area contributed by atoms with E-state index in [1.165, 1.54) is 0 Å². The van der Waals surface area contributed by atoms with Gasteiger partial charge in [-0.2, -0.15) is 0 Å². The van der Waals surface area contributed by atoms with Crippen LogP contribution < -0.4 is 10.6 Å². The lowest BCUT2D eigenvalue weighted by Crippen LogP contribution is -2.53. The van der Waals surface area contributed by atoms with Crippen LogP contribution in [0.1, 0.15) is 20.7 Å². The Morgan fingerprint density at radius 2 is 1.72 bits per heavy atom. The van der Waals surface area contributed by atoms with Crippen LogP contribution in [0.5, 0.6) is 0 Å². The second-order valence-corrected chi connectivity index (χ2v) is 6.79. The third kappa shape index (κ3) is 4.76. The van der Waals surface area contributed by atoms with Gasteiger partial charge in [0.2, 0.25) is 0 Å². The zero-order valence-corrected chi connectivity index (χ0v) is 15.3. The summed E-state index contributed by atoms with van der Waals surface area (Å²) in [5, 5.41) is 25.9. The topological polar surface area (TPSA) is 108 Å². The SMILES string of the molecule is O=C(NC[C@H]1OC[C@@](O)(CNC(=O)c2ccccc2)[C@@H]1O)c1ccc(F)c(F)c1. The van der Waals surface area contributed by atoms with E-state index in [1.54, 1.807) is 30.3 Å². The highest BCUT2D eigenvalue weighted by molar-refractivity contribution is 5.94. The fourth-order valence-corrected chi connectivity index (χ4v) is 2.96. The highest BCUT2D eigenvalue weighted by Gasteiger charge is 2.48. The van der Waals surface area contributed by atoms with Gasteiger partial charge in [0, 0.05) is 17.7 Å². The van der Waals surface area contributed by atoms with Gasteiger partial charge in [-0.3, -0.25) is 9.59 Å². The third-order valence-corrected chi connectivity index (χ3v) is 4.69. The van der Waals surface area contributed by atoms with E-state index in [9.17, 15) is 28.6 Å². The molecule has 3 atom stereocenters. The fourth-order valence-electron chi connectivity index (χ4n) is 2.96. The lowest BCUT2D eigenvalue weighted by atomic mass is 9.96. The number of aliphatic hydroxyl groups is 2. The third-order valence-electron chi connectivity index (χ3n) is 4.69. The summed E-state index contributed by atoms with van der Waals surface area (Å²) in [5.41, 5.74) is -1.43. The van der Waals surface area contributed by atoms with Crippen LogP contribution >= 0.6 is 0 Å². The summed E-state index contributed by atoms with van der Waals surface area (Å²) in [6, 6.07) is 11.1. The van der Waals surface area contributed by atoms with E-state index in [-0.39, 0.29) is 25.3 Å². The van der Waals surface area contributed by atoms with E-state index in [2.05, 4.69) is 10.6 Å². The molecule has 1 aliphatic heterocycles. The summed E-state index contributed by atoms with van der Waals surface area (Å²) < 4.78 is 31.5. The second-order valence-electron chi connectivity index (χ2n) is 6.79. The molecule has 1 saturated heterocycles. The fraction of sp³-hybridized carbons (Fsp3) is 0.300. The molecule has 2 amide bonds. The molecule has 154 valence electrons. The van der Waals surface area contributed by atoms with E-state index >= 15 is 0 Å². The summed E-state index contributed by atoms with van der Waals surface area (Å²) >= 11 is 0.